The van der Waals surface area contributed by atoms with Gasteiger partial charge in [-0.2, -0.15) is 11.8 Å². The third kappa shape index (κ3) is 5.40. The highest BCUT2D eigenvalue weighted by atomic mass is 32.2. The number of nitrogens with two attached hydrogens (primary N) is 1. The first-order chi connectivity index (χ1) is 8.99. The summed E-state index contributed by atoms with van der Waals surface area (Å²) >= 11 is 1.61. The van der Waals surface area contributed by atoms with Crippen molar-refractivity contribution in [3.8, 4) is 5.75 Å². The van der Waals surface area contributed by atoms with Crippen molar-refractivity contribution in [1.29, 1.82) is 0 Å². The third-order valence-electron chi connectivity index (χ3n) is 2.48. The number of nitrogens with one attached hydrogen (secondary N) is 1. The van der Waals surface area contributed by atoms with Crippen LogP contribution in [-0.4, -0.2) is 39.6 Å². The van der Waals surface area contributed by atoms with Crippen molar-refractivity contribution < 1.29 is 13.2 Å². The minimum absolute atomic E-state index is 0.237. The Morgan fingerprint density at radius 1 is 1.37 bits per heavy atom. The summed E-state index contributed by atoms with van der Waals surface area (Å²) in [6.07, 6.45) is 1.95. The van der Waals surface area contributed by atoms with Crippen LogP contribution in [-0.2, 0) is 10.0 Å². The van der Waals surface area contributed by atoms with Gasteiger partial charge in [0.15, 0.2) is 0 Å². The number of benzene rings is 1. The number of hydrogen-bond acceptors (Lipinski definition) is 5. The van der Waals surface area contributed by atoms with Crippen LogP contribution in [0, 0.1) is 0 Å². The van der Waals surface area contributed by atoms with E-state index in [1.165, 1.54) is 12.1 Å². The van der Waals surface area contributed by atoms with Crippen molar-refractivity contribution in [2.45, 2.75) is 17.1 Å². The smallest absolute Gasteiger partial charge is 0.240 e. The van der Waals surface area contributed by atoms with Gasteiger partial charge in [-0.15, -0.1) is 0 Å². The van der Waals surface area contributed by atoms with Crippen LogP contribution in [0.3, 0.4) is 0 Å². The summed E-state index contributed by atoms with van der Waals surface area (Å²) in [6, 6.07) is 6.31. The number of sulfonamides is 1. The molecule has 1 rings (SSSR count). The highest BCUT2D eigenvalue weighted by molar-refractivity contribution is 7.99. The Balaban J connectivity index is 2.68. The Hall–Kier alpha value is -0.760. The van der Waals surface area contributed by atoms with Gasteiger partial charge in [0.2, 0.25) is 10.0 Å². The van der Waals surface area contributed by atoms with E-state index in [-0.39, 0.29) is 10.1 Å². The summed E-state index contributed by atoms with van der Waals surface area (Å²) in [4.78, 5) is 0.237. The molecule has 0 saturated heterocycles. The summed E-state index contributed by atoms with van der Waals surface area (Å²) in [7, 11) is -3.45. The second kappa shape index (κ2) is 7.74. The van der Waals surface area contributed by atoms with Gasteiger partial charge in [0.25, 0.3) is 0 Å². The molecule has 0 bridgehead atoms. The highest BCUT2D eigenvalue weighted by Gasteiger charge is 2.14. The maximum absolute atomic E-state index is 12.0. The molecule has 0 aliphatic heterocycles. The van der Waals surface area contributed by atoms with E-state index in [1.807, 2.05) is 13.2 Å². The average molecular weight is 304 g/mol. The monoisotopic (exact) mass is 304 g/mol. The van der Waals surface area contributed by atoms with E-state index in [0.29, 0.717) is 25.4 Å². The molecule has 0 aliphatic rings. The second-order valence-corrected chi connectivity index (χ2v) is 7.05. The lowest BCUT2D eigenvalue weighted by Gasteiger charge is -2.11. The molecule has 1 atom stereocenters. The Labute approximate surface area is 119 Å². The summed E-state index contributed by atoms with van der Waals surface area (Å²) in [6.45, 7) is 3.22. The number of thioether (sulfide) groups is 1. The van der Waals surface area contributed by atoms with Gasteiger partial charge in [-0.3, -0.25) is 0 Å². The lowest BCUT2D eigenvalue weighted by molar-refractivity contribution is 0.328. The first kappa shape index (κ1) is 16.3. The van der Waals surface area contributed by atoms with E-state index in [2.05, 4.69) is 4.72 Å². The van der Waals surface area contributed by atoms with Crippen LogP contribution in [0.1, 0.15) is 6.92 Å². The van der Waals surface area contributed by atoms with Crippen molar-refractivity contribution in [2.75, 3.05) is 26.0 Å². The largest absolute Gasteiger partial charge is 0.492 e. The van der Waals surface area contributed by atoms with Crippen LogP contribution in [0.25, 0.3) is 0 Å². The van der Waals surface area contributed by atoms with Crippen molar-refractivity contribution in [2.24, 2.45) is 5.73 Å². The minimum Gasteiger partial charge on any atom is -0.492 e. The Morgan fingerprint density at radius 2 is 2.00 bits per heavy atom. The molecule has 108 valence electrons. The third-order valence-corrected chi connectivity index (χ3v) is 4.89. The fourth-order valence-corrected chi connectivity index (χ4v) is 2.77. The molecular formula is C12H20N2O3S2. The van der Waals surface area contributed by atoms with Crippen LogP contribution in [0.15, 0.2) is 29.2 Å². The van der Waals surface area contributed by atoms with Crippen LogP contribution in [0.4, 0.5) is 0 Å². The van der Waals surface area contributed by atoms with Gasteiger partial charge < -0.3 is 10.5 Å². The van der Waals surface area contributed by atoms with Gasteiger partial charge in [-0.25, -0.2) is 13.1 Å². The van der Waals surface area contributed by atoms with Crippen LogP contribution in [0.2, 0.25) is 0 Å². The number of rotatable bonds is 8. The molecule has 3 N–H and O–H groups in total. The molecule has 0 amide bonds. The maximum atomic E-state index is 12.0. The molecule has 0 saturated carbocycles. The normalized spacial score (nSPS) is 13.2. The summed E-state index contributed by atoms with van der Waals surface area (Å²) in [5.74, 6) is 0.613. The Morgan fingerprint density at radius 3 is 2.53 bits per heavy atom. The van der Waals surface area contributed by atoms with E-state index in [9.17, 15) is 8.42 Å². The molecule has 19 heavy (non-hydrogen) atoms. The Kier molecular flexibility index (Phi) is 6.64. The Bertz CT molecular complexity index is 474. The SMILES string of the molecule is CSC(C)CNS(=O)(=O)c1ccc(OCCN)cc1. The first-order valence-corrected chi connectivity index (χ1v) is 8.72. The fourth-order valence-electron chi connectivity index (χ4n) is 1.29. The zero-order valence-corrected chi connectivity index (χ0v) is 12.8. The van der Waals surface area contributed by atoms with Crippen LogP contribution in [0.5, 0.6) is 5.75 Å². The van der Waals surface area contributed by atoms with E-state index >= 15 is 0 Å². The minimum atomic E-state index is -3.45. The average Bonchev–Trinajstić information content (AvgIpc) is 2.43. The van der Waals surface area contributed by atoms with Crippen molar-refractivity contribution >= 4 is 21.8 Å². The van der Waals surface area contributed by atoms with Crippen molar-refractivity contribution in [1.82, 2.24) is 4.72 Å². The summed E-state index contributed by atoms with van der Waals surface area (Å²) in [5, 5.41) is 0.238. The molecule has 1 aromatic rings. The maximum Gasteiger partial charge on any atom is 0.240 e. The standard InChI is InChI=1S/C12H20N2O3S2/c1-10(18-2)9-14-19(15,16)12-5-3-11(4-6-12)17-8-7-13/h3-6,10,14H,7-9,13H2,1-2H3. The number of ether oxygens (including phenoxy) is 1. The van der Waals surface area contributed by atoms with E-state index < -0.39 is 10.0 Å². The van der Waals surface area contributed by atoms with Crippen molar-refractivity contribution in [3.05, 3.63) is 24.3 Å². The van der Waals surface area contributed by atoms with Crippen molar-refractivity contribution in [3.63, 3.8) is 0 Å². The topological polar surface area (TPSA) is 81.4 Å². The van der Waals surface area contributed by atoms with Crippen LogP contribution >= 0.6 is 11.8 Å². The lowest BCUT2D eigenvalue weighted by Crippen LogP contribution is -2.29. The molecule has 0 spiro atoms. The van der Waals surface area contributed by atoms with Gasteiger partial charge in [0.1, 0.15) is 12.4 Å². The highest BCUT2D eigenvalue weighted by Crippen LogP contribution is 2.16. The predicted molar refractivity (Wildman–Crippen MR) is 79.2 cm³/mol. The van der Waals surface area contributed by atoms with Gasteiger partial charge in [-0.1, -0.05) is 6.92 Å². The molecule has 0 aromatic heterocycles. The molecule has 0 heterocycles. The van der Waals surface area contributed by atoms with Gasteiger partial charge in [-0.05, 0) is 30.5 Å². The zero-order chi connectivity index (χ0) is 14.3. The molecule has 5 nitrogen and oxygen atoms in total. The fraction of sp³-hybridized carbons (Fsp3) is 0.500. The molecule has 7 heteroatoms. The van der Waals surface area contributed by atoms with E-state index in [4.69, 9.17) is 10.5 Å². The molecule has 0 aliphatic carbocycles. The molecular weight excluding hydrogens is 284 g/mol. The first-order valence-electron chi connectivity index (χ1n) is 5.95. The van der Waals surface area contributed by atoms with Gasteiger partial charge in [0.05, 0.1) is 4.90 Å². The summed E-state index contributed by atoms with van der Waals surface area (Å²) < 4.78 is 31.9. The number of hydrogen-bond donors (Lipinski definition) is 2. The molecule has 0 radical (unpaired) electrons. The zero-order valence-electron chi connectivity index (χ0n) is 11.1. The molecule has 1 unspecified atom stereocenters. The van der Waals surface area contributed by atoms with Crippen LogP contribution < -0.4 is 15.2 Å². The second-order valence-electron chi connectivity index (χ2n) is 4.01. The van der Waals surface area contributed by atoms with Gasteiger partial charge in [0, 0.05) is 18.3 Å². The summed E-state index contributed by atoms with van der Waals surface area (Å²) in [5.41, 5.74) is 5.32. The van der Waals surface area contributed by atoms with E-state index in [0.717, 1.165) is 0 Å². The quantitative estimate of drug-likeness (QED) is 0.750. The van der Waals surface area contributed by atoms with E-state index in [1.54, 1.807) is 23.9 Å². The lowest BCUT2D eigenvalue weighted by atomic mass is 10.3. The predicted octanol–water partition coefficient (Wildman–Crippen LogP) is 1.05. The molecule has 0 fully saturated rings. The molecule has 1 aromatic carbocycles. The van der Waals surface area contributed by atoms with Gasteiger partial charge >= 0.3 is 0 Å².